The van der Waals surface area contributed by atoms with Crippen LogP contribution in [0.15, 0.2) is 0 Å². The maximum atomic E-state index is 12.1. The molecule has 19 heavy (non-hydrogen) atoms. The number of hydrogen-bond donors (Lipinski definition) is 4. The van der Waals surface area contributed by atoms with Crippen molar-refractivity contribution in [2.24, 2.45) is 16.9 Å². The number of nitrogens with one attached hydrogen (secondary N) is 2. The molecule has 2 unspecified atom stereocenters. The van der Waals surface area contributed by atoms with Gasteiger partial charge in [0.25, 0.3) is 0 Å². The normalized spacial score (nSPS) is 28.3. The summed E-state index contributed by atoms with van der Waals surface area (Å²) in [6.07, 6.45) is 0.500. The molecule has 0 bridgehead atoms. The van der Waals surface area contributed by atoms with E-state index in [1.54, 1.807) is 0 Å². The second kappa shape index (κ2) is 5.75. The molecule has 6 N–H and O–H groups in total. The number of hydrogen-bond acceptors (Lipinski definition) is 4. The molecule has 2 atom stereocenters. The fourth-order valence-corrected chi connectivity index (χ4v) is 2.34. The lowest BCUT2D eigenvalue weighted by atomic mass is 9.54. The average molecular weight is 272 g/mol. The minimum atomic E-state index is -0.931. The molecule has 7 nitrogen and oxygen atoms in total. The van der Waals surface area contributed by atoms with Crippen molar-refractivity contribution in [1.82, 2.24) is 10.6 Å². The van der Waals surface area contributed by atoms with Gasteiger partial charge in [-0.05, 0) is 6.92 Å². The summed E-state index contributed by atoms with van der Waals surface area (Å²) in [4.78, 5) is 22.6. The van der Waals surface area contributed by atoms with Crippen LogP contribution in [-0.4, -0.2) is 43.3 Å². The third-order valence-electron chi connectivity index (χ3n) is 3.94. The van der Waals surface area contributed by atoms with Crippen molar-refractivity contribution in [1.29, 1.82) is 0 Å². The Balaban J connectivity index is 2.46. The van der Waals surface area contributed by atoms with Crippen molar-refractivity contribution in [3.05, 3.63) is 0 Å². The number of rotatable bonds is 6. The zero-order chi connectivity index (χ0) is 14.7. The predicted molar refractivity (Wildman–Crippen MR) is 71.3 cm³/mol. The number of amides is 3. The Labute approximate surface area is 113 Å². The molecule has 0 aromatic heterocycles. The molecule has 7 heteroatoms. The molecule has 0 radical (unpaired) electrons. The van der Waals surface area contributed by atoms with E-state index in [0.717, 1.165) is 0 Å². The molecule has 3 amide bonds. The monoisotopic (exact) mass is 272 g/mol. The fourth-order valence-electron chi connectivity index (χ4n) is 2.34. The Bertz CT molecular complexity index is 359. The highest BCUT2D eigenvalue weighted by Crippen LogP contribution is 2.49. The van der Waals surface area contributed by atoms with E-state index in [9.17, 15) is 9.59 Å². The Kier molecular flexibility index (Phi) is 4.75. The van der Waals surface area contributed by atoms with Gasteiger partial charge in [-0.25, -0.2) is 4.79 Å². The third kappa shape index (κ3) is 2.98. The molecule has 110 valence electrons. The first-order valence-electron chi connectivity index (χ1n) is 6.47. The zero-order valence-corrected chi connectivity index (χ0v) is 11.8. The van der Waals surface area contributed by atoms with Crippen molar-refractivity contribution >= 4 is 11.9 Å². The largest absolute Gasteiger partial charge is 0.378 e. The summed E-state index contributed by atoms with van der Waals surface area (Å²) in [6.45, 7) is 6.97. The van der Waals surface area contributed by atoms with E-state index in [4.69, 9.17) is 16.2 Å². The van der Waals surface area contributed by atoms with E-state index in [1.807, 2.05) is 20.8 Å². The van der Waals surface area contributed by atoms with Crippen LogP contribution >= 0.6 is 0 Å². The van der Waals surface area contributed by atoms with Crippen LogP contribution in [0.4, 0.5) is 4.79 Å². The number of urea groups is 1. The zero-order valence-electron chi connectivity index (χ0n) is 11.8. The summed E-state index contributed by atoms with van der Waals surface area (Å²) < 4.78 is 5.56. The van der Waals surface area contributed by atoms with E-state index in [2.05, 4.69) is 10.6 Å². The van der Waals surface area contributed by atoms with E-state index in [-0.39, 0.29) is 18.6 Å². The number of carbonyl (C=O) groups is 2. The molecular weight excluding hydrogens is 248 g/mol. The lowest BCUT2D eigenvalue weighted by molar-refractivity contribution is -0.170. The summed E-state index contributed by atoms with van der Waals surface area (Å²) in [5, 5.41) is 5.11. The molecule has 1 rings (SSSR count). The molecule has 0 spiro atoms. The van der Waals surface area contributed by atoms with Gasteiger partial charge in [-0.3, -0.25) is 4.79 Å². The van der Waals surface area contributed by atoms with Crippen LogP contribution in [-0.2, 0) is 9.53 Å². The summed E-state index contributed by atoms with van der Waals surface area (Å²) in [6, 6.07) is -0.614. The predicted octanol–water partition coefficient (Wildman–Crippen LogP) is -0.697. The summed E-state index contributed by atoms with van der Waals surface area (Å²) in [7, 11) is 0. The SMILES string of the molecule is CCOC1CC(N)(C(=O)NCCNC(N)=O)C1(C)C. The maximum Gasteiger partial charge on any atom is 0.312 e. The van der Waals surface area contributed by atoms with Crippen molar-refractivity contribution in [2.45, 2.75) is 38.8 Å². The number of carbonyl (C=O) groups excluding carboxylic acids is 2. The first kappa shape index (κ1) is 15.7. The molecule has 1 aliphatic rings. The second-order valence-corrected chi connectivity index (χ2v) is 5.39. The van der Waals surface area contributed by atoms with E-state index < -0.39 is 17.0 Å². The van der Waals surface area contributed by atoms with Gasteiger partial charge in [-0.2, -0.15) is 0 Å². The molecule has 1 fully saturated rings. The van der Waals surface area contributed by atoms with Gasteiger partial charge in [0.05, 0.1) is 6.10 Å². The van der Waals surface area contributed by atoms with Crippen molar-refractivity contribution < 1.29 is 14.3 Å². The Morgan fingerprint density at radius 1 is 1.32 bits per heavy atom. The van der Waals surface area contributed by atoms with Crippen LogP contribution in [0.5, 0.6) is 0 Å². The van der Waals surface area contributed by atoms with Gasteiger partial charge in [0.1, 0.15) is 5.54 Å². The molecule has 1 saturated carbocycles. The standard InChI is InChI=1S/C12H24N4O3/c1-4-19-8-7-12(14,11(8,2)3)9(17)15-5-6-16-10(13)18/h8H,4-7,14H2,1-3H3,(H,15,17)(H3,13,16,18). The van der Waals surface area contributed by atoms with Gasteiger partial charge in [0.2, 0.25) is 5.91 Å². The number of nitrogens with two attached hydrogens (primary N) is 2. The molecule has 0 aliphatic heterocycles. The van der Waals surface area contributed by atoms with E-state index in [1.165, 1.54) is 0 Å². The fraction of sp³-hybridized carbons (Fsp3) is 0.833. The summed E-state index contributed by atoms with van der Waals surface area (Å²) in [5.74, 6) is -0.222. The minimum absolute atomic E-state index is 0.00278. The first-order chi connectivity index (χ1) is 8.75. The van der Waals surface area contributed by atoms with Crippen molar-refractivity contribution in [3.63, 3.8) is 0 Å². The Morgan fingerprint density at radius 2 is 1.89 bits per heavy atom. The molecule has 0 heterocycles. The number of ether oxygens (including phenoxy) is 1. The van der Waals surface area contributed by atoms with Crippen molar-refractivity contribution in [2.75, 3.05) is 19.7 Å². The van der Waals surface area contributed by atoms with Crippen LogP contribution < -0.4 is 22.1 Å². The number of primary amides is 1. The van der Waals surface area contributed by atoms with E-state index in [0.29, 0.717) is 19.6 Å². The van der Waals surface area contributed by atoms with E-state index >= 15 is 0 Å². The maximum absolute atomic E-state index is 12.1. The van der Waals surface area contributed by atoms with Gasteiger partial charge < -0.3 is 26.8 Å². The summed E-state index contributed by atoms with van der Waals surface area (Å²) in [5.41, 5.74) is 9.76. The Morgan fingerprint density at radius 3 is 2.37 bits per heavy atom. The first-order valence-corrected chi connectivity index (χ1v) is 6.47. The molecule has 0 aromatic rings. The quantitative estimate of drug-likeness (QED) is 0.478. The van der Waals surface area contributed by atoms with Gasteiger partial charge in [0, 0.05) is 31.5 Å². The highest BCUT2D eigenvalue weighted by atomic mass is 16.5. The second-order valence-electron chi connectivity index (χ2n) is 5.39. The average Bonchev–Trinajstić information content (AvgIpc) is 2.33. The van der Waals surface area contributed by atoms with Crippen LogP contribution in [0.3, 0.4) is 0 Å². The molecule has 0 saturated heterocycles. The minimum Gasteiger partial charge on any atom is -0.378 e. The smallest absolute Gasteiger partial charge is 0.312 e. The highest BCUT2D eigenvalue weighted by molar-refractivity contribution is 5.88. The van der Waals surface area contributed by atoms with Crippen LogP contribution in [0, 0.1) is 5.41 Å². The summed E-state index contributed by atoms with van der Waals surface area (Å²) >= 11 is 0. The molecular formula is C12H24N4O3. The van der Waals surface area contributed by atoms with Crippen LogP contribution in [0.25, 0.3) is 0 Å². The van der Waals surface area contributed by atoms with Gasteiger partial charge in [0.15, 0.2) is 0 Å². The molecule has 1 aliphatic carbocycles. The Hall–Kier alpha value is -1.34. The van der Waals surface area contributed by atoms with Gasteiger partial charge in [-0.1, -0.05) is 13.8 Å². The van der Waals surface area contributed by atoms with Gasteiger partial charge >= 0.3 is 6.03 Å². The highest BCUT2D eigenvalue weighted by Gasteiger charge is 2.62. The lowest BCUT2D eigenvalue weighted by Crippen LogP contribution is -2.75. The molecule has 0 aromatic carbocycles. The van der Waals surface area contributed by atoms with Crippen LogP contribution in [0.1, 0.15) is 27.2 Å². The third-order valence-corrected chi connectivity index (χ3v) is 3.94. The lowest BCUT2D eigenvalue weighted by Gasteiger charge is -2.57. The van der Waals surface area contributed by atoms with Crippen LogP contribution in [0.2, 0.25) is 0 Å². The topological polar surface area (TPSA) is 119 Å². The van der Waals surface area contributed by atoms with Crippen molar-refractivity contribution in [3.8, 4) is 0 Å². The van der Waals surface area contributed by atoms with Gasteiger partial charge in [-0.15, -0.1) is 0 Å².